The minimum absolute atomic E-state index is 0.00553. The van der Waals surface area contributed by atoms with Crippen molar-refractivity contribution in [1.29, 1.82) is 0 Å². The van der Waals surface area contributed by atoms with Gasteiger partial charge in [0.25, 0.3) is 0 Å². The summed E-state index contributed by atoms with van der Waals surface area (Å²) in [4.78, 5) is 40.7. The predicted molar refractivity (Wildman–Crippen MR) is 196 cm³/mol. The lowest BCUT2D eigenvalue weighted by atomic mass is 9.68. The standard InChI is InChI=1S/C42H50N4O4/c1-11-25-21(7)35-27-17-29(39(47)49-15-5)42(14-4)24(10)32(46-37(27)42)20-34-26(12-2)22(8)36(44-34)28-18-30(40(48)50-16-6)41(13-3)23(9)31(45-38(28)41)19-33(25)43-35/h17-20,23-24,43-44H,11-16H2,1-10H3/p+2. The highest BCUT2D eigenvalue weighted by Crippen LogP contribution is 2.56. The van der Waals surface area contributed by atoms with E-state index in [2.05, 4.69) is 95.0 Å². The Hall–Kier alpha value is -4.30. The Balaban J connectivity index is 1.59. The molecule has 262 valence electrons. The molecule has 0 spiro atoms. The zero-order chi connectivity index (χ0) is 35.9. The summed E-state index contributed by atoms with van der Waals surface area (Å²) in [6.07, 6.45) is 11.8. The fourth-order valence-electron chi connectivity index (χ4n) is 10.0. The molecule has 7 rings (SSSR count). The number of esters is 2. The van der Waals surface area contributed by atoms with E-state index in [9.17, 15) is 9.59 Å². The molecular weight excluding hydrogens is 624 g/mol. The maximum Gasteiger partial charge on any atom is 0.335 e. The second-order valence-corrected chi connectivity index (χ2v) is 14.4. The number of carbonyl (C=O) groups is 2. The molecule has 8 nitrogen and oxygen atoms in total. The van der Waals surface area contributed by atoms with Gasteiger partial charge in [0.2, 0.25) is 5.70 Å². The van der Waals surface area contributed by atoms with Crippen LogP contribution in [0.2, 0.25) is 0 Å². The monoisotopic (exact) mass is 676 g/mol. The molecule has 1 aromatic heterocycles. The van der Waals surface area contributed by atoms with Crippen molar-refractivity contribution in [3.8, 4) is 0 Å². The number of ether oxygens (including phenoxy) is 2. The van der Waals surface area contributed by atoms with Crippen LogP contribution < -0.4 is 21.0 Å². The van der Waals surface area contributed by atoms with E-state index in [1.54, 1.807) is 0 Å². The highest BCUT2D eigenvalue weighted by Gasteiger charge is 2.61. The molecule has 0 amide bonds. The maximum absolute atomic E-state index is 13.8. The number of fused-ring (bicyclic) bond motifs is 6. The molecule has 0 saturated carbocycles. The number of carbonyl (C=O) groups excluding carboxylic acids is 2. The van der Waals surface area contributed by atoms with Crippen LogP contribution in [0.1, 0.15) is 92.7 Å². The first kappa shape index (κ1) is 34.2. The summed E-state index contributed by atoms with van der Waals surface area (Å²) in [5.74, 6) is -0.568. The van der Waals surface area contributed by atoms with Crippen LogP contribution in [0, 0.1) is 29.6 Å². The Morgan fingerprint density at radius 2 is 1.50 bits per heavy atom. The molecule has 4 atom stereocenters. The number of aromatic nitrogens is 1. The van der Waals surface area contributed by atoms with E-state index in [1.165, 1.54) is 16.7 Å². The SMILES string of the molecule is CCOC(=O)C1=CC2=c3[nH]c(c(CC)c3C)=CC3=[NH+]C4=C(C=C(C(=O)OCC)C4(CC)C3C)C3=C(C)C(CC)=C(C=C4N=C2C1(CC)C4C)[NH2+]3. The van der Waals surface area contributed by atoms with E-state index in [0.29, 0.717) is 18.8 Å². The molecule has 0 fully saturated rings. The average molecular weight is 677 g/mol. The molecule has 4 N–H and O–H groups in total. The molecule has 0 aromatic carbocycles. The Morgan fingerprint density at radius 1 is 0.860 bits per heavy atom. The molecule has 8 heteroatoms. The third-order valence-electron chi connectivity index (χ3n) is 12.7. The van der Waals surface area contributed by atoms with Crippen molar-refractivity contribution in [2.24, 2.45) is 27.7 Å². The second-order valence-electron chi connectivity index (χ2n) is 14.4. The van der Waals surface area contributed by atoms with Crippen molar-refractivity contribution in [1.82, 2.24) is 4.98 Å². The normalized spacial score (nSPS) is 27.8. The lowest BCUT2D eigenvalue weighted by Gasteiger charge is -2.31. The molecule has 2 aliphatic carbocycles. The van der Waals surface area contributed by atoms with Crippen molar-refractivity contribution >= 4 is 35.0 Å². The largest absolute Gasteiger partial charge is 0.463 e. The van der Waals surface area contributed by atoms with Crippen LogP contribution in [-0.2, 0) is 25.5 Å². The van der Waals surface area contributed by atoms with Crippen LogP contribution in [0.25, 0.3) is 11.6 Å². The van der Waals surface area contributed by atoms with Gasteiger partial charge in [-0.3, -0.25) is 10.3 Å². The predicted octanol–water partition coefficient (Wildman–Crippen LogP) is 3.54. The summed E-state index contributed by atoms with van der Waals surface area (Å²) in [7, 11) is 0. The number of nitrogens with two attached hydrogens (primary N) is 1. The zero-order valence-corrected chi connectivity index (χ0v) is 31.4. The summed E-state index contributed by atoms with van der Waals surface area (Å²) in [5, 5.41) is 4.32. The number of rotatable bonds is 8. The number of H-pyrrole nitrogens is 1. The quantitative estimate of drug-likeness (QED) is 0.366. The van der Waals surface area contributed by atoms with Gasteiger partial charge < -0.3 is 14.5 Å². The fourth-order valence-corrected chi connectivity index (χ4v) is 10.0. The number of aromatic amines is 1. The third kappa shape index (κ3) is 4.33. The van der Waals surface area contributed by atoms with Gasteiger partial charge in [-0.1, -0.05) is 41.5 Å². The van der Waals surface area contributed by atoms with Crippen LogP contribution in [0.3, 0.4) is 0 Å². The van der Waals surface area contributed by atoms with E-state index in [-0.39, 0.29) is 23.8 Å². The van der Waals surface area contributed by atoms with E-state index < -0.39 is 10.8 Å². The van der Waals surface area contributed by atoms with Crippen molar-refractivity contribution in [2.45, 2.75) is 94.9 Å². The lowest BCUT2D eigenvalue weighted by Crippen LogP contribution is -2.79. The van der Waals surface area contributed by atoms with Gasteiger partial charge in [0.05, 0.1) is 57.9 Å². The smallest absolute Gasteiger partial charge is 0.335 e. The number of hydrogen-bond donors (Lipinski definition) is 3. The van der Waals surface area contributed by atoms with Crippen LogP contribution in [0.5, 0.6) is 0 Å². The molecule has 0 saturated heterocycles. The summed E-state index contributed by atoms with van der Waals surface area (Å²) < 4.78 is 11.4. The van der Waals surface area contributed by atoms with Gasteiger partial charge in [-0.25, -0.2) is 14.6 Å². The first-order valence-electron chi connectivity index (χ1n) is 18.7. The molecule has 1 aromatic rings. The van der Waals surface area contributed by atoms with Gasteiger partial charge in [0, 0.05) is 40.1 Å². The van der Waals surface area contributed by atoms with Crippen molar-refractivity contribution < 1.29 is 29.4 Å². The molecule has 5 heterocycles. The number of aliphatic imine (C=N–C) groups is 1. The topological polar surface area (TPSA) is 111 Å². The Morgan fingerprint density at radius 3 is 2.10 bits per heavy atom. The Labute approximate surface area is 295 Å². The maximum atomic E-state index is 13.8. The summed E-state index contributed by atoms with van der Waals surface area (Å²) in [6.45, 7) is 21.9. The molecule has 4 unspecified atom stereocenters. The molecule has 4 aliphatic heterocycles. The first-order chi connectivity index (χ1) is 24.0. The van der Waals surface area contributed by atoms with Crippen molar-refractivity contribution in [3.63, 3.8) is 0 Å². The minimum Gasteiger partial charge on any atom is -0.463 e. The van der Waals surface area contributed by atoms with Gasteiger partial charge in [0.15, 0.2) is 11.4 Å². The van der Waals surface area contributed by atoms with Gasteiger partial charge in [-0.15, -0.1) is 0 Å². The molecule has 8 bridgehead atoms. The van der Waals surface area contributed by atoms with E-state index in [4.69, 9.17) is 14.5 Å². The van der Waals surface area contributed by atoms with Gasteiger partial charge in [-0.2, -0.15) is 0 Å². The van der Waals surface area contributed by atoms with Crippen LogP contribution in [-0.4, -0.2) is 41.6 Å². The highest BCUT2D eigenvalue weighted by atomic mass is 16.5. The third-order valence-corrected chi connectivity index (χ3v) is 12.7. The molecule has 0 radical (unpaired) electrons. The first-order valence-corrected chi connectivity index (χ1v) is 18.7. The van der Waals surface area contributed by atoms with Gasteiger partial charge in [0.1, 0.15) is 11.3 Å². The van der Waals surface area contributed by atoms with Gasteiger partial charge in [-0.05, 0) is 76.7 Å². The summed E-state index contributed by atoms with van der Waals surface area (Å²) >= 11 is 0. The van der Waals surface area contributed by atoms with Crippen LogP contribution in [0.15, 0.2) is 73.9 Å². The molecular formula is C42H52N4O4+2. The van der Waals surface area contributed by atoms with E-state index in [1.807, 2.05) is 13.8 Å². The number of quaternary nitrogens is 1. The minimum atomic E-state index is -0.593. The number of hydrogen-bond acceptors (Lipinski definition) is 5. The lowest BCUT2D eigenvalue weighted by molar-refractivity contribution is -0.543. The van der Waals surface area contributed by atoms with Crippen molar-refractivity contribution in [3.05, 3.63) is 90.7 Å². The number of nitrogens with zero attached hydrogens (tertiary/aromatic N) is 1. The Bertz CT molecular complexity index is 2140. The van der Waals surface area contributed by atoms with E-state index in [0.717, 1.165) is 92.9 Å². The molecule has 50 heavy (non-hydrogen) atoms. The molecule has 6 aliphatic rings. The number of allylic oxidation sites excluding steroid dienone is 7. The van der Waals surface area contributed by atoms with Crippen molar-refractivity contribution in [2.75, 3.05) is 13.2 Å². The second kappa shape index (κ2) is 12.2. The van der Waals surface area contributed by atoms with Gasteiger partial charge >= 0.3 is 11.9 Å². The summed E-state index contributed by atoms with van der Waals surface area (Å²) in [6, 6.07) is 0. The fraction of sp³-hybridized carbons (Fsp3) is 0.476. The average Bonchev–Trinajstić information content (AvgIpc) is 3.89. The number of nitrogens with one attached hydrogen (secondary N) is 2. The van der Waals surface area contributed by atoms with Crippen LogP contribution >= 0.6 is 0 Å². The zero-order valence-electron chi connectivity index (χ0n) is 31.4. The van der Waals surface area contributed by atoms with Crippen LogP contribution in [0.4, 0.5) is 0 Å². The summed E-state index contributed by atoms with van der Waals surface area (Å²) in [5.41, 5.74) is 13.5. The van der Waals surface area contributed by atoms with E-state index >= 15 is 0 Å². The Kier molecular flexibility index (Phi) is 8.33. The highest BCUT2D eigenvalue weighted by molar-refractivity contribution is 6.33.